The second-order valence-corrected chi connectivity index (χ2v) is 8.78. The molecule has 3 rings (SSSR count). The van der Waals surface area contributed by atoms with E-state index in [4.69, 9.17) is 9.90 Å². The Hall–Kier alpha value is -2.38. The van der Waals surface area contributed by atoms with Crippen molar-refractivity contribution < 1.29 is 19.0 Å². The van der Waals surface area contributed by atoms with Crippen LogP contribution in [0.2, 0.25) is 0 Å². The number of hydrogen-bond acceptors (Lipinski definition) is 4. The van der Waals surface area contributed by atoms with Gasteiger partial charge in [0.2, 0.25) is 0 Å². The molecule has 1 aliphatic rings. The number of anilines is 1. The Bertz CT molecular complexity index is 825. The smallest absolute Gasteiger partial charge is 0.300 e. The number of carboxylic acids is 1. The fraction of sp³-hybridized carbons (Fsp3) is 0.381. The molecule has 0 fully saturated rings. The van der Waals surface area contributed by atoms with Gasteiger partial charge in [0.05, 0.1) is 51.1 Å². The Morgan fingerprint density at radius 1 is 1.29 bits per heavy atom. The molecule has 2 heterocycles. The van der Waals surface area contributed by atoms with Crippen molar-refractivity contribution in [3.05, 3.63) is 53.6 Å². The first kappa shape index (κ1) is 21.9. The molecule has 6 nitrogen and oxygen atoms in total. The Kier molecular flexibility index (Phi) is 7.60. The van der Waals surface area contributed by atoms with Crippen LogP contribution in [0.4, 0.5) is 5.69 Å². The quantitative estimate of drug-likeness (QED) is 0.615. The average molecular weight is 403 g/mol. The molecular weight excluding hydrogens is 372 g/mol. The maximum absolute atomic E-state index is 9.00. The summed E-state index contributed by atoms with van der Waals surface area (Å²) < 4.78 is 3.17. The molecule has 1 aliphatic heterocycles. The van der Waals surface area contributed by atoms with Crippen molar-refractivity contribution in [1.82, 2.24) is 4.98 Å². The summed E-state index contributed by atoms with van der Waals surface area (Å²) in [5.74, 6) is -0.833. The molecule has 1 aromatic heterocycles. The van der Waals surface area contributed by atoms with Crippen molar-refractivity contribution in [3.8, 4) is 0 Å². The number of carboxylic acid groups (broad SMARTS) is 1. The summed E-state index contributed by atoms with van der Waals surface area (Å²) in [6.45, 7) is 3.26. The van der Waals surface area contributed by atoms with Crippen LogP contribution in [0.15, 0.2) is 52.8 Å². The maximum Gasteiger partial charge on any atom is 0.300 e. The third kappa shape index (κ3) is 6.98. The fourth-order valence-electron chi connectivity index (χ4n) is 2.71. The highest BCUT2D eigenvalue weighted by atomic mass is 32.2. The molecule has 0 saturated carbocycles. The Morgan fingerprint density at radius 2 is 1.96 bits per heavy atom. The van der Waals surface area contributed by atoms with Crippen molar-refractivity contribution in [2.75, 3.05) is 39.6 Å². The molecule has 0 radical (unpaired) electrons. The van der Waals surface area contributed by atoms with Crippen LogP contribution in [0.25, 0.3) is 6.08 Å². The van der Waals surface area contributed by atoms with Crippen LogP contribution < -0.4 is 9.47 Å². The zero-order valence-electron chi connectivity index (χ0n) is 17.3. The van der Waals surface area contributed by atoms with Gasteiger partial charge in [0.1, 0.15) is 0 Å². The lowest BCUT2D eigenvalue weighted by atomic mass is 10.3. The molecule has 0 unspecified atom stereocenters. The van der Waals surface area contributed by atoms with Gasteiger partial charge in [-0.05, 0) is 17.1 Å². The monoisotopic (exact) mass is 402 g/mol. The minimum absolute atomic E-state index is 0.833. The molecule has 1 aromatic carbocycles. The second kappa shape index (κ2) is 9.71. The highest BCUT2D eigenvalue weighted by molar-refractivity contribution is 8.03. The van der Waals surface area contributed by atoms with Crippen molar-refractivity contribution in [1.29, 1.82) is 0 Å². The van der Waals surface area contributed by atoms with E-state index in [1.54, 1.807) is 11.8 Å². The summed E-state index contributed by atoms with van der Waals surface area (Å²) in [6.07, 6.45) is 7.38. The van der Waals surface area contributed by atoms with E-state index < -0.39 is 5.97 Å². The van der Waals surface area contributed by atoms with Gasteiger partial charge in [-0.3, -0.25) is 4.79 Å². The zero-order chi connectivity index (χ0) is 20.7. The van der Waals surface area contributed by atoms with Crippen LogP contribution >= 0.6 is 11.8 Å². The van der Waals surface area contributed by atoms with Crippen molar-refractivity contribution in [2.24, 2.45) is 0 Å². The highest BCUT2D eigenvalue weighted by Crippen LogP contribution is 2.45. The summed E-state index contributed by atoms with van der Waals surface area (Å²) in [7, 11) is 8.79. The molecule has 150 valence electrons. The van der Waals surface area contributed by atoms with Gasteiger partial charge in [0, 0.05) is 37.4 Å². The largest absolute Gasteiger partial charge is 0.481 e. The van der Waals surface area contributed by atoms with Crippen LogP contribution in [0.5, 0.6) is 0 Å². The molecule has 2 aromatic rings. The number of quaternary nitrogens is 1. The molecule has 0 saturated heterocycles. The Morgan fingerprint density at radius 3 is 2.54 bits per heavy atom. The van der Waals surface area contributed by atoms with Crippen LogP contribution in [0.3, 0.4) is 0 Å². The number of thioether (sulfide) groups is 1. The number of aromatic nitrogens is 2. The highest BCUT2D eigenvalue weighted by Gasteiger charge is 2.21. The van der Waals surface area contributed by atoms with E-state index in [0.29, 0.717) is 0 Å². The fourth-order valence-corrected chi connectivity index (χ4v) is 3.81. The number of carbonyl (C=O) groups is 1. The van der Waals surface area contributed by atoms with E-state index in [0.717, 1.165) is 30.1 Å². The van der Waals surface area contributed by atoms with Gasteiger partial charge in [0.25, 0.3) is 12.3 Å². The zero-order valence-corrected chi connectivity index (χ0v) is 18.1. The van der Waals surface area contributed by atoms with E-state index in [1.165, 1.54) is 22.2 Å². The number of hydrogen-bond donors (Lipinski definition) is 1. The summed E-state index contributed by atoms with van der Waals surface area (Å²) in [4.78, 5) is 17.1. The standard InChI is InChI=1S/C19H26N4S.C2H4O2/c1-21-17-8-5-6-9-18(17)24-19(21)14-16-10-12-22(15-20-16)11-7-13-23(2,3)4;1-2(3)4/h5-6,8-10,12,14-15H,7,11,13H2,1-4H3;1H3,(H,3,4)/q+2;. The van der Waals surface area contributed by atoms with Gasteiger partial charge < -0.3 is 14.5 Å². The topological polar surface area (TPSA) is 57.3 Å². The number of rotatable bonds is 5. The predicted octanol–water partition coefficient (Wildman–Crippen LogP) is 3.10. The average Bonchev–Trinajstić information content (AvgIpc) is 2.91. The second-order valence-electron chi connectivity index (χ2n) is 7.72. The number of aryl methyl sites for hydroxylation is 1. The molecule has 28 heavy (non-hydrogen) atoms. The first-order valence-corrected chi connectivity index (χ1v) is 10.0. The summed E-state index contributed by atoms with van der Waals surface area (Å²) in [5, 5.41) is 8.63. The molecule has 0 bridgehead atoms. The number of nitrogens with zero attached hydrogens (tertiary/aromatic N) is 4. The number of benzene rings is 1. The van der Waals surface area contributed by atoms with E-state index in [9.17, 15) is 0 Å². The molecule has 7 heteroatoms. The van der Waals surface area contributed by atoms with Gasteiger partial charge in [-0.15, -0.1) is 0 Å². The number of fused-ring (bicyclic) bond motifs is 1. The summed E-state index contributed by atoms with van der Waals surface area (Å²) in [6, 6.07) is 10.6. The molecule has 0 atom stereocenters. The first-order valence-electron chi connectivity index (χ1n) is 9.23. The Balaban J connectivity index is 0.000000640. The maximum atomic E-state index is 9.00. The van der Waals surface area contributed by atoms with E-state index in [-0.39, 0.29) is 0 Å². The predicted molar refractivity (Wildman–Crippen MR) is 114 cm³/mol. The van der Waals surface area contributed by atoms with Gasteiger partial charge in [-0.1, -0.05) is 23.9 Å². The van der Waals surface area contributed by atoms with Gasteiger partial charge in [0.15, 0.2) is 5.69 Å². The molecule has 0 aliphatic carbocycles. The van der Waals surface area contributed by atoms with E-state index in [1.807, 2.05) is 6.33 Å². The molecular formula is C21H30N4O2S+2. The van der Waals surface area contributed by atoms with Gasteiger partial charge in [-0.25, -0.2) is 4.57 Å². The van der Waals surface area contributed by atoms with E-state index >= 15 is 0 Å². The van der Waals surface area contributed by atoms with Crippen LogP contribution in [-0.2, 0) is 11.3 Å². The lowest BCUT2D eigenvalue weighted by Crippen LogP contribution is -2.40. The lowest BCUT2D eigenvalue weighted by molar-refractivity contribution is -0.873. The third-order valence-corrected chi connectivity index (χ3v) is 5.25. The summed E-state index contributed by atoms with van der Waals surface area (Å²) >= 11 is 1.80. The van der Waals surface area contributed by atoms with Crippen LogP contribution in [0, 0.1) is 0 Å². The number of para-hydroxylation sites is 1. The van der Waals surface area contributed by atoms with Crippen LogP contribution in [-0.4, -0.2) is 55.3 Å². The van der Waals surface area contributed by atoms with Gasteiger partial charge >= 0.3 is 0 Å². The van der Waals surface area contributed by atoms with Gasteiger partial charge in [-0.2, -0.15) is 0 Å². The van der Waals surface area contributed by atoms with Crippen LogP contribution in [0.1, 0.15) is 19.0 Å². The molecule has 0 spiro atoms. The first-order chi connectivity index (χ1) is 13.2. The van der Waals surface area contributed by atoms with Crippen molar-refractivity contribution in [3.63, 3.8) is 0 Å². The minimum Gasteiger partial charge on any atom is -0.481 e. The van der Waals surface area contributed by atoms with Crippen molar-refractivity contribution >= 4 is 29.5 Å². The van der Waals surface area contributed by atoms with E-state index in [2.05, 4.69) is 85.2 Å². The van der Waals surface area contributed by atoms with Crippen molar-refractivity contribution in [2.45, 2.75) is 24.8 Å². The molecule has 0 amide bonds. The lowest BCUT2D eigenvalue weighted by Gasteiger charge is -2.23. The minimum atomic E-state index is -0.833. The number of aliphatic carboxylic acids is 1. The summed E-state index contributed by atoms with van der Waals surface area (Å²) in [5.41, 5.74) is 2.26. The normalized spacial score (nSPS) is 14.5. The Labute approximate surface area is 171 Å². The SMILES string of the molecule is CC(=O)O.CN1C(=Cc2cc[n+](CCC[N+](C)(C)C)cn2)Sc2ccccc21. The third-order valence-electron chi connectivity index (χ3n) is 4.08. The molecule has 1 N–H and O–H groups in total.